The van der Waals surface area contributed by atoms with Crippen LogP contribution in [0.3, 0.4) is 0 Å². The third kappa shape index (κ3) is 3.06. The SMILES string of the molecule is CCc1cc(CC)c(C(N)c2cc(C)oc2C)c(CC)c1. The van der Waals surface area contributed by atoms with E-state index < -0.39 is 0 Å². The van der Waals surface area contributed by atoms with E-state index in [1.807, 2.05) is 13.8 Å². The lowest BCUT2D eigenvalue weighted by Gasteiger charge is -2.21. The van der Waals surface area contributed by atoms with Gasteiger partial charge in [-0.1, -0.05) is 32.9 Å². The van der Waals surface area contributed by atoms with Crippen LogP contribution in [0.5, 0.6) is 0 Å². The summed E-state index contributed by atoms with van der Waals surface area (Å²) in [5.74, 6) is 1.86. The molecular weight excluding hydrogens is 258 g/mol. The Morgan fingerprint density at radius 3 is 1.90 bits per heavy atom. The van der Waals surface area contributed by atoms with Gasteiger partial charge in [-0.25, -0.2) is 0 Å². The quantitative estimate of drug-likeness (QED) is 0.869. The van der Waals surface area contributed by atoms with Crippen molar-refractivity contribution in [3.63, 3.8) is 0 Å². The lowest BCUT2D eigenvalue weighted by Crippen LogP contribution is -2.17. The highest BCUT2D eigenvalue weighted by Gasteiger charge is 2.20. The van der Waals surface area contributed by atoms with Crippen LogP contribution in [0.4, 0.5) is 0 Å². The number of hydrogen-bond donors (Lipinski definition) is 1. The fraction of sp³-hybridized carbons (Fsp3) is 0.474. The third-order valence-electron chi connectivity index (χ3n) is 4.31. The minimum absolute atomic E-state index is 0.0988. The zero-order chi connectivity index (χ0) is 15.6. The highest BCUT2D eigenvalue weighted by molar-refractivity contribution is 5.46. The molecule has 0 radical (unpaired) electrons. The number of aryl methyl sites for hydroxylation is 5. The highest BCUT2D eigenvalue weighted by Crippen LogP contribution is 2.31. The molecule has 114 valence electrons. The second-order valence-electron chi connectivity index (χ2n) is 5.73. The van der Waals surface area contributed by atoms with Gasteiger partial charge in [0.2, 0.25) is 0 Å². The minimum Gasteiger partial charge on any atom is -0.466 e. The summed E-state index contributed by atoms with van der Waals surface area (Å²) in [7, 11) is 0. The fourth-order valence-corrected chi connectivity index (χ4v) is 3.15. The number of nitrogens with two attached hydrogens (primary N) is 1. The Morgan fingerprint density at radius 1 is 0.952 bits per heavy atom. The minimum atomic E-state index is -0.0988. The molecule has 1 aromatic heterocycles. The van der Waals surface area contributed by atoms with Crippen molar-refractivity contribution in [1.82, 2.24) is 0 Å². The van der Waals surface area contributed by atoms with Crippen LogP contribution in [-0.4, -0.2) is 0 Å². The molecule has 0 aliphatic carbocycles. The van der Waals surface area contributed by atoms with E-state index in [2.05, 4.69) is 39.0 Å². The van der Waals surface area contributed by atoms with Gasteiger partial charge in [-0.2, -0.15) is 0 Å². The second-order valence-corrected chi connectivity index (χ2v) is 5.73. The molecule has 21 heavy (non-hydrogen) atoms. The largest absolute Gasteiger partial charge is 0.466 e. The predicted octanol–water partition coefficient (Wildman–Crippen LogP) is 4.63. The zero-order valence-corrected chi connectivity index (χ0v) is 13.9. The summed E-state index contributed by atoms with van der Waals surface area (Å²) in [6.07, 6.45) is 3.10. The Labute approximate surface area is 128 Å². The Bertz CT molecular complexity index is 599. The van der Waals surface area contributed by atoms with Gasteiger partial charge in [-0.15, -0.1) is 0 Å². The van der Waals surface area contributed by atoms with Gasteiger partial charge in [-0.3, -0.25) is 0 Å². The molecule has 2 heteroatoms. The van der Waals surface area contributed by atoms with Gasteiger partial charge in [0.25, 0.3) is 0 Å². The molecule has 1 aromatic carbocycles. The summed E-state index contributed by atoms with van der Waals surface area (Å²) in [6.45, 7) is 10.6. The van der Waals surface area contributed by atoms with Crippen LogP contribution >= 0.6 is 0 Å². The molecule has 0 bridgehead atoms. The molecule has 0 saturated heterocycles. The molecule has 0 aliphatic heterocycles. The van der Waals surface area contributed by atoms with Crippen LogP contribution in [0.2, 0.25) is 0 Å². The third-order valence-corrected chi connectivity index (χ3v) is 4.31. The molecule has 2 rings (SSSR count). The van der Waals surface area contributed by atoms with E-state index in [4.69, 9.17) is 10.2 Å². The van der Waals surface area contributed by atoms with Crippen LogP contribution in [0, 0.1) is 13.8 Å². The summed E-state index contributed by atoms with van der Waals surface area (Å²) in [5, 5.41) is 0. The van der Waals surface area contributed by atoms with Gasteiger partial charge >= 0.3 is 0 Å². The zero-order valence-electron chi connectivity index (χ0n) is 13.9. The molecule has 0 amide bonds. The maximum atomic E-state index is 6.61. The second kappa shape index (κ2) is 6.48. The number of benzene rings is 1. The Hall–Kier alpha value is -1.54. The summed E-state index contributed by atoms with van der Waals surface area (Å²) >= 11 is 0. The van der Waals surface area contributed by atoms with Crippen molar-refractivity contribution in [2.45, 2.75) is 59.9 Å². The molecular formula is C19H27NO. The molecule has 0 saturated carbocycles. The van der Waals surface area contributed by atoms with Crippen molar-refractivity contribution in [3.05, 3.63) is 57.5 Å². The average Bonchev–Trinajstić information content (AvgIpc) is 2.83. The summed E-state index contributed by atoms with van der Waals surface area (Å²) < 4.78 is 5.67. The van der Waals surface area contributed by atoms with Gasteiger partial charge < -0.3 is 10.2 Å². The van der Waals surface area contributed by atoms with Crippen LogP contribution in [0.1, 0.15) is 66.2 Å². The van der Waals surface area contributed by atoms with Gasteiger partial charge in [0.1, 0.15) is 11.5 Å². The van der Waals surface area contributed by atoms with Crippen molar-refractivity contribution in [3.8, 4) is 0 Å². The van der Waals surface area contributed by atoms with E-state index in [0.29, 0.717) is 0 Å². The van der Waals surface area contributed by atoms with E-state index in [0.717, 1.165) is 36.3 Å². The summed E-state index contributed by atoms with van der Waals surface area (Å²) in [5.41, 5.74) is 13.2. The number of furan rings is 1. The van der Waals surface area contributed by atoms with Gasteiger partial charge in [0.15, 0.2) is 0 Å². The Kier molecular flexibility index (Phi) is 4.89. The van der Waals surface area contributed by atoms with Crippen molar-refractivity contribution in [1.29, 1.82) is 0 Å². The number of rotatable bonds is 5. The predicted molar refractivity (Wildman–Crippen MR) is 88.8 cm³/mol. The molecule has 1 atom stereocenters. The standard InChI is InChI=1S/C19H27NO/c1-6-14-10-15(7-2)18(16(8-3)11-14)19(20)17-9-12(4)21-13(17)5/h9-11,19H,6-8,20H2,1-5H3. The monoisotopic (exact) mass is 285 g/mol. The molecule has 1 heterocycles. The smallest absolute Gasteiger partial charge is 0.106 e. The molecule has 0 fully saturated rings. The van der Waals surface area contributed by atoms with Crippen LogP contribution in [-0.2, 0) is 19.3 Å². The first kappa shape index (κ1) is 15.8. The first-order valence-electron chi connectivity index (χ1n) is 7.98. The van der Waals surface area contributed by atoms with E-state index in [1.54, 1.807) is 0 Å². The van der Waals surface area contributed by atoms with Crippen LogP contribution in [0.15, 0.2) is 22.6 Å². The average molecular weight is 285 g/mol. The molecule has 2 nitrogen and oxygen atoms in total. The first-order chi connectivity index (χ1) is 10.0. The molecule has 0 spiro atoms. The topological polar surface area (TPSA) is 39.2 Å². The highest BCUT2D eigenvalue weighted by atomic mass is 16.3. The molecule has 0 aliphatic rings. The van der Waals surface area contributed by atoms with E-state index in [9.17, 15) is 0 Å². The first-order valence-corrected chi connectivity index (χ1v) is 7.98. The normalized spacial score (nSPS) is 12.7. The van der Waals surface area contributed by atoms with Crippen molar-refractivity contribution < 1.29 is 4.42 Å². The molecule has 2 aromatic rings. The van der Waals surface area contributed by atoms with E-state index >= 15 is 0 Å². The van der Waals surface area contributed by atoms with Gasteiger partial charge in [-0.05, 0) is 61.4 Å². The van der Waals surface area contributed by atoms with Crippen LogP contribution < -0.4 is 5.73 Å². The molecule has 2 N–H and O–H groups in total. The van der Waals surface area contributed by atoms with Crippen molar-refractivity contribution in [2.24, 2.45) is 5.73 Å². The van der Waals surface area contributed by atoms with Crippen molar-refractivity contribution >= 4 is 0 Å². The lowest BCUT2D eigenvalue weighted by molar-refractivity contribution is 0.499. The number of hydrogen-bond acceptors (Lipinski definition) is 2. The fourth-order valence-electron chi connectivity index (χ4n) is 3.15. The van der Waals surface area contributed by atoms with Gasteiger partial charge in [0.05, 0.1) is 6.04 Å². The van der Waals surface area contributed by atoms with Crippen molar-refractivity contribution in [2.75, 3.05) is 0 Å². The van der Waals surface area contributed by atoms with Crippen LogP contribution in [0.25, 0.3) is 0 Å². The van der Waals surface area contributed by atoms with Gasteiger partial charge in [0, 0.05) is 5.56 Å². The van der Waals surface area contributed by atoms with E-state index in [-0.39, 0.29) is 6.04 Å². The molecule has 1 unspecified atom stereocenters. The maximum Gasteiger partial charge on any atom is 0.106 e. The van der Waals surface area contributed by atoms with E-state index in [1.165, 1.54) is 22.3 Å². The summed E-state index contributed by atoms with van der Waals surface area (Å²) in [4.78, 5) is 0. The Balaban J connectivity index is 2.58. The maximum absolute atomic E-state index is 6.61. The summed E-state index contributed by atoms with van der Waals surface area (Å²) in [6, 6.07) is 6.61. The Morgan fingerprint density at radius 2 is 1.52 bits per heavy atom. The lowest BCUT2D eigenvalue weighted by atomic mass is 9.87.